The van der Waals surface area contributed by atoms with Crippen LogP contribution in [0.15, 0.2) is 33.7 Å². The van der Waals surface area contributed by atoms with Gasteiger partial charge in [0.2, 0.25) is 15.9 Å². The maximum Gasteiger partial charge on any atom is 0.241 e. The Morgan fingerprint density at radius 2 is 1.79 bits per heavy atom. The van der Waals surface area contributed by atoms with Crippen molar-refractivity contribution >= 4 is 10.0 Å². The fourth-order valence-electron chi connectivity index (χ4n) is 3.47. The Bertz CT molecular complexity index is 856. The molecule has 8 nitrogen and oxygen atoms in total. The van der Waals surface area contributed by atoms with Crippen LogP contribution in [0.5, 0.6) is 5.75 Å². The zero-order valence-electron chi connectivity index (χ0n) is 16.3. The molecular formula is C19H27N3O5S. The molecule has 3 rings (SSSR count). The van der Waals surface area contributed by atoms with E-state index in [1.165, 1.54) is 12.1 Å². The fourth-order valence-corrected chi connectivity index (χ4v) is 4.89. The molecule has 1 aliphatic rings. The molecule has 0 spiro atoms. The molecule has 9 heteroatoms. The zero-order valence-corrected chi connectivity index (χ0v) is 17.1. The molecule has 1 aromatic heterocycles. The minimum absolute atomic E-state index is 0.176. The van der Waals surface area contributed by atoms with E-state index in [-0.39, 0.29) is 4.90 Å². The Balaban J connectivity index is 1.83. The average molecular weight is 410 g/mol. The summed E-state index contributed by atoms with van der Waals surface area (Å²) in [6.45, 7) is 2.58. The van der Waals surface area contributed by atoms with E-state index in [9.17, 15) is 8.42 Å². The summed E-state index contributed by atoms with van der Waals surface area (Å²) < 4.78 is 44.7. The molecular weight excluding hydrogens is 382 g/mol. The van der Waals surface area contributed by atoms with Crippen LogP contribution in [0, 0.1) is 6.92 Å². The third-order valence-corrected chi connectivity index (χ3v) is 6.48. The van der Waals surface area contributed by atoms with Crippen LogP contribution in [0.4, 0.5) is 0 Å². The van der Waals surface area contributed by atoms with Gasteiger partial charge in [-0.25, -0.2) is 8.42 Å². The summed E-state index contributed by atoms with van der Waals surface area (Å²) in [7, 11) is -2.17. The molecule has 1 aliphatic carbocycles. The second-order valence-corrected chi connectivity index (χ2v) is 8.73. The molecule has 0 atom stereocenters. The number of benzene rings is 1. The zero-order chi connectivity index (χ0) is 20.0. The number of hydrogen-bond acceptors (Lipinski definition) is 7. The van der Waals surface area contributed by atoms with Gasteiger partial charge in [-0.15, -0.1) is 0 Å². The Labute approximate surface area is 165 Å². The van der Waals surface area contributed by atoms with Crippen LogP contribution < -0.4 is 9.46 Å². The lowest BCUT2D eigenvalue weighted by atomic mass is 9.91. The topological polar surface area (TPSA) is 104 Å². The van der Waals surface area contributed by atoms with Crippen molar-refractivity contribution in [3.63, 3.8) is 0 Å². The quantitative estimate of drug-likeness (QED) is 0.528. The van der Waals surface area contributed by atoms with Crippen molar-refractivity contribution in [1.29, 1.82) is 0 Å². The Kier molecular flexibility index (Phi) is 6.69. The second-order valence-electron chi connectivity index (χ2n) is 7.05. The minimum Gasteiger partial charge on any atom is -0.491 e. The smallest absolute Gasteiger partial charge is 0.241 e. The van der Waals surface area contributed by atoms with E-state index in [4.69, 9.17) is 14.0 Å². The predicted octanol–water partition coefficient (Wildman–Crippen LogP) is 2.93. The standard InChI is InChI=1S/C19H27N3O5S/c1-15-20-18(21-27-15)19(11-5-3-4-6-12-19)22-28(23,24)17-9-7-16(8-10-17)26-14-13-25-2/h7-10,22H,3-6,11-14H2,1-2H3. The molecule has 0 saturated heterocycles. The maximum atomic E-state index is 13.1. The monoisotopic (exact) mass is 409 g/mol. The molecule has 1 saturated carbocycles. The Morgan fingerprint density at radius 3 is 2.36 bits per heavy atom. The van der Waals surface area contributed by atoms with Crippen molar-refractivity contribution in [1.82, 2.24) is 14.9 Å². The van der Waals surface area contributed by atoms with E-state index in [0.29, 0.717) is 43.5 Å². The highest BCUT2D eigenvalue weighted by Gasteiger charge is 2.41. The summed E-state index contributed by atoms with van der Waals surface area (Å²) in [6, 6.07) is 6.36. The van der Waals surface area contributed by atoms with Crippen molar-refractivity contribution in [2.45, 2.75) is 55.9 Å². The number of sulfonamides is 1. The molecule has 2 aromatic rings. The highest BCUT2D eigenvalue weighted by Crippen LogP contribution is 2.36. The van der Waals surface area contributed by atoms with Gasteiger partial charge in [-0.2, -0.15) is 9.71 Å². The first-order chi connectivity index (χ1) is 13.5. The molecule has 0 bridgehead atoms. The highest BCUT2D eigenvalue weighted by atomic mass is 32.2. The van der Waals surface area contributed by atoms with Crippen LogP contribution in [0.2, 0.25) is 0 Å². The molecule has 0 radical (unpaired) electrons. The summed E-state index contributed by atoms with van der Waals surface area (Å²) in [4.78, 5) is 4.52. The summed E-state index contributed by atoms with van der Waals surface area (Å²) in [5.41, 5.74) is -0.846. The van der Waals surface area contributed by atoms with Gasteiger partial charge < -0.3 is 14.0 Å². The average Bonchev–Trinajstić information content (AvgIpc) is 2.98. The number of aromatic nitrogens is 2. The molecule has 0 unspecified atom stereocenters. The first kappa shape index (κ1) is 20.8. The molecule has 1 heterocycles. The van der Waals surface area contributed by atoms with Crippen LogP contribution in [0.1, 0.15) is 50.2 Å². The molecule has 0 aliphatic heterocycles. The Morgan fingerprint density at radius 1 is 1.11 bits per heavy atom. The lowest BCUT2D eigenvalue weighted by molar-refractivity contribution is 0.146. The molecule has 154 valence electrons. The number of methoxy groups -OCH3 is 1. The predicted molar refractivity (Wildman–Crippen MR) is 103 cm³/mol. The summed E-state index contributed by atoms with van der Waals surface area (Å²) in [6.07, 6.45) is 5.22. The van der Waals surface area contributed by atoms with E-state index in [2.05, 4.69) is 14.9 Å². The molecule has 1 aromatic carbocycles. The number of ether oxygens (including phenoxy) is 2. The van der Waals surface area contributed by atoms with Gasteiger partial charge in [-0.1, -0.05) is 30.8 Å². The van der Waals surface area contributed by atoms with Crippen molar-refractivity contribution < 1.29 is 22.4 Å². The van der Waals surface area contributed by atoms with Crippen LogP contribution >= 0.6 is 0 Å². The largest absolute Gasteiger partial charge is 0.491 e. The van der Waals surface area contributed by atoms with E-state index >= 15 is 0 Å². The van der Waals surface area contributed by atoms with Gasteiger partial charge in [0, 0.05) is 14.0 Å². The van der Waals surface area contributed by atoms with Gasteiger partial charge in [0.15, 0.2) is 5.82 Å². The van der Waals surface area contributed by atoms with E-state index in [1.807, 2.05) is 0 Å². The highest BCUT2D eigenvalue weighted by molar-refractivity contribution is 7.89. The van der Waals surface area contributed by atoms with E-state index in [0.717, 1.165) is 25.7 Å². The summed E-state index contributed by atoms with van der Waals surface area (Å²) >= 11 is 0. The first-order valence-corrected chi connectivity index (χ1v) is 11.0. The third-order valence-electron chi connectivity index (χ3n) is 4.93. The van der Waals surface area contributed by atoms with Crippen molar-refractivity contribution in [2.75, 3.05) is 20.3 Å². The number of rotatable bonds is 8. The van der Waals surface area contributed by atoms with Gasteiger partial charge in [0.1, 0.15) is 12.4 Å². The number of aryl methyl sites for hydroxylation is 1. The van der Waals surface area contributed by atoms with Crippen LogP contribution in [-0.2, 0) is 20.3 Å². The SMILES string of the molecule is COCCOc1ccc(S(=O)(=O)NC2(c3noc(C)n3)CCCCCC2)cc1. The van der Waals surface area contributed by atoms with Crippen LogP contribution in [0.25, 0.3) is 0 Å². The fraction of sp³-hybridized carbons (Fsp3) is 0.579. The van der Waals surface area contributed by atoms with Crippen LogP contribution in [0.3, 0.4) is 0 Å². The molecule has 1 N–H and O–H groups in total. The van der Waals surface area contributed by atoms with Gasteiger partial charge in [-0.3, -0.25) is 0 Å². The van der Waals surface area contributed by atoms with Crippen molar-refractivity contribution in [3.05, 3.63) is 36.0 Å². The third kappa shape index (κ3) is 4.89. The van der Waals surface area contributed by atoms with Gasteiger partial charge in [0.25, 0.3) is 0 Å². The van der Waals surface area contributed by atoms with E-state index in [1.54, 1.807) is 26.2 Å². The van der Waals surface area contributed by atoms with E-state index < -0.39 is 15.6 Å². The van der Waals surface area contributed by atoms with Crippen molar-refractivity contribution in [3.8, 4) is 5.75 Å². The number of nitrogens with one attached hydrogen (secondary N) is 1. The molecule has 0 amide bonds. The molecule has 28 heavy (non-hydrogen) atoms. The maximum absolute atomic E-state index is 13.1. The van der Waals surface area contributed by atoms with Gasteiger partial charge in [0.05, 0.1) is 17.0 Å². The Hall–Kier alpha value is -1.97. The lowest BCUT2D eigenvalue weighted by Gasteiger charge is -2.30. The minimum atomic E-state index is -3.77. The summed E-state index contributed by atoms with van der Waals surface area (Å²) in [5.74, 6) is 1.43. The lowest BCUT2D eigenvalue weighted by Crippen LogP contribution is -2.46. The number of hydrogen-bond donors (Lipinski definition) is 1. The first-order valence-electron chi connectivity index (χ1n) is 9.52. The molecule has 1 fully saturated rings. The van der Waals surface area contributed by atoms with Crippen LogP contribution in [-0.4, -0.2) is 38.9 Å². The summed E-state index contributed by atoms with van der Waals surface area (Å²) in [5, 5.41) is 4.04. The van der Waals surface area contributed by atoms with Crippen molar-refractivity contribution in [2.24, 2.45) is 0 Å². The van der Waals surface area contributed by atoms with Gasteiger partial charge in [-0.05, 0) is 37.1 Å². The second kappa shape index (κ2) is 9.02. The number of nitrogens with zero attached hydrogens (tertiary/aromatic N) is 2. The van der Waals surface area contributed by atoms with Gasteiger partial charge >= 0.3 is 0 Å². The normalized spacial score (nSPS) is 17.2.